The monoisotopic (exact) mass is 414 g/mol. The number of H-pyrrole nitrogens is 1. The van der Waals surface area contributed by atoms with Crippen LogP contribution in [0.3, 0.4) is 0 Å². The van der Waals surface area contributed by atoms with E-state index in [4.69, 9.17) is 11.6 Å². The van der Waals surface area contributed by atoms with Gasteiger partial charge in [-0.15, -0.1) is 0 Å². The minimum absolute atomic E-state index is 0.0878. The fraction of sp³-hybridized carbons (Fsp3) is 0.0833. The van der Waals surface area contributed by atoms with Gasteiger partial charge in [0.15, 0.2) is 0 Å². The van der Waals surface area contributed by atoms with E-state index in [1.54, 1.807) is 0 Å². The molecule has 5 aromatic rings. The molecule has 2 aromatic heterocycles. The number of aromatic nitrogens is 4. The number of aromatic hydroxyl groups is 1. The third-order valence-electron chi connectivity index (χ3n) is 5.23. The maximum atomic E-state index is 10.9. The molecule has 3 aromatic carbocycles. The maximum Gasteiger partial charge on any atom is 0.232 e. The molecule has 0 aliphatic rings. The van der Waals surface area contributed by atoms with Crippen LogP contribution in [0, 0.1) is 6.92 Å². The van der Waals surface area contributed by atoms with Crippen LogP contribution in [0.25, 0.3) is 28.1 Å². The summed E-state index contributed by atoms with van der Waals surface area (Å²) in [4.78, 5) is 7.93. The number of rotatable bonds is 4. The maximum absolute atomic E-state index is 10.9. The Morgan fingerprint density at radius 3 is 2.50 bits per heavy atom. The largest absolute Gasteiger partial charge is 0.493 e. The van der Waals surface area contributed by atoms with Crippen molar-refractivity contribution in [2.24, 2.45) is 0 Å². The van der Waals surface area contributed by atoms with Crippen molar-refractivity contribution in [1.29, 1.82) is 0 Å². The minimum atomic E-state index is 0.0878. The molecule has 5 nitrogen and oxygen atoms in total. The summed E-state index contributed by atoms with van der Waals surface area (Å²) in [5, 5.41) is 16.1. The Labute approximate surface area is 178 Å². The van der Waals surface area contributed by atoms with Crippen molar-refractivity contribution in [3.8, 4) is 23.0 Å². The van der Waals surface area contributed by atoms with Gasteiger partial charge in [-0.1, -0.05) is 60.1 Å². The smallest absolute Gasteiger partial charge is 0.232 e. The first kappa shape index (κ1) is 18.5. The highest BCUT2D eigenvalue weighted by Gasteiger charge is 2.18. The number of aromatic amines is 1. The molecular formula is C24H19ClN4O. The summed E-state index contributed by atoms with van der Waals surface area (Å²) in [5.74, 6) is 0.572. The van der Waals surface area contributed by atoms with E-state index in [9.17, 15) is 5.11 Å². The Kier molecular flexibility index (Phi) is 4.52. The molecule has 0 spiro atoms. The van der Waals surface area contributed by atoms with Gasteiger partial charge in [-0.05, 0) is 47.9 Å². The predicted octanol–water partition coefficient (Wildman–Crippen LogP) is 5.67. The number of halogens is 1. The number of imidazole rings is 1. The van der Waals surface area contributed by atoms with Crippen LogP contribution in [-0.4, -0.2) is 24.9 Å². The SMILES string of the molecule is Cc1nn(-c2nc3cc(-c4ccccc4)ccc3[nH]2)c(O)c1Cc1ccc(Cl)cc1. The fourth-order valence-electron chi connectivity index (χ4n) is 3.61. The summed E-state index contributed by atoms with van der Waals surface area (Å²) in [7, 11) is 0. The second-order valence-corrected chi connectivity index (χ2v) is 7.70. The Morgan fingerprint density at radius 1 is 0.967 bits per heavy atom. The Morgan fingerprint density at radius 2 is 1.73 bits per heavy atom. The summed E-state index contributed by atoms with van der Waals surface area (Å²) in [6.07, 6.45) is 0.563. The van der Waals surface area contributed by atoms with Crippen LogP contribution in [0.15, 0.2) is 72.8 Å². The topological polar surface area (TPSA) is 66.7 Å². The van der Waals surface area contributed by atoms with Gasteiger partial charge in [-0.3, -0.25) is 0 Å². The van der Waals surface area contributed by atoms with Gasteiger partial charge in [0.1, 0.15) is 0 Å². The van der Waals surface area contributed by atoms with E-state index in [0.717, 1.165) is 39.0 Å². The van der Waals surface area contributed by atoms with Gasteiger partial charge in [0, 0.05) is 17.0 Å². The first-order chi connectivity index (χ1) is 14.6. The van der Waals surface area contributed by atoms with E-state index in [2.05, 4.69) is 33.3 Å². The Hall–Kier alpha value is -3.57. The molecule has 2 N–H and O–H groups in total. The average Bonchev–Trinajstić information content (AvgIpc) is 3.31. The van der Waals surface area contributed by atoms with E-state index in [1.807, 2.05) is 61.5 Å². The zero-order valence-corrected chi connectivity index (χ0v) is 17.1. The molecule has 148 valence electrons. The molecule has 0 saturated carbocycles. The predicted molar refractivity (Wildman–Crippen MR) is 119 cm³/mol. The molecule has 0 aliphatic carbocycles. The number of hydrogen-bond donors (Lipinski definition) is 2. The molecule has 0 radical (unpaired) electrons. The second kappa shape index (κ2) is 7.35. The first-order valence-corrected chi connectivity index (χ1v) is 10.0. The number of hydrogen-bond acceptors (Lipinski definition) is 3. The third-order valence-corrected chi connectivity index (χ3v) is 5.48. The normalized spacial score (nSPS) is 11.3. The van der Waals surface area contributed by atoms with Crippen molar-refractivity contribution in [3.05, 3.63) is 94.6 Å². The lowest BCUT2D eigenvalue weighted by Gasteiger charge is -2.02. The lowest BCUT2D eigenvalue weighted by molar-refractivity contribution is 0.426. The number of nitrogens with zero attached hydrogens (tertiary/aromatic N) is 3. The van der Waals surface area contributed by atoms with Crippen LogP contribution in [-0.2, 0) is 6.42 Å². The lowest BCUT2D eigenvalue weighted by atomic mass is 10.1. The van der Waals surface area contributed by atoms with Crippen LogP contribution < -0.4 is 0 Å². The highest BCUT2D eigenvalue weighted by atomic mass is 35.5. The van der Waals surface area contributed by atoms with Crippen LogP contribution in [0.2, 0.25) is 5.02 Å². The molecule has 2 heterocycles. The van der Waals surface area contributed by atoms with E-state index in [1.165, 1.54) is 4.68 Å². The zero-order valence-electron chi connectivity index (χ0n) is 16.3. The molecule has 0 atom stereocenters. The van der Waals surface area contributed by atoms with Crippen molar-refractivity contribution in [2.75, 3.05) is 0 Å². The van der Waals surface area contributed by atoms with Crippen LogP contribution in [0.4, 0.5) is 0 Å². The van der Waals surface area contributed by atoms with E-state index in [0.29, 0.717) is 17.4 Å². The molecule has 5 rings (SSSR count). The second-order valence-electron chi connectivity index (χ2n) is 7.26. The molecule has 0 saturated heterocycles. The molecule has 0 aliphatic heterocycles. The van der Waals surface area contributed by atoms with Gasteiger partial charge in [-0.2, -0.15) is 9.78 Å². The van der Waals surface area contributed by atoms with Crippen molar-refractivity contribution in [2.45, 2.75) is 13.3 Å². The summed E-state index contributed by atoms with van der Waals surface area (Å²) in [5.41, 5.74) is 6.50. The number of nitrogens with one attached hydrogen (secondary N) is 1. The number of benzene rings is 3. The Balaban J connectivity index is 1.51. The van der Waals surface area contributed by atoms with Gasteiger partial charge in [0.05, 0.1) is 16.7 Å². The molecule has 30 heavy (non-hydrogen) atoms. The summed E-state index contributed by atoms with van der Waals surface area (Å²) < 4.78 is 1.46. The molecule has 0 fully saturated rings. The van der Waals surface area contributed by atoms with E-state index >= 15 is 0 Å². The van der Waals surface area contributed by atoms with Gasteiger partial charge in [0.2, 0.25) is 11.8 Å². The molecular weight excluding hydrogens is 396 g/mol. The van der Waals surface area contributed by atoms with Crippen LogP contribution in [0.5, 0.6) is 5.88 Å². The highest BCUT2D eigenvalue weighted by molar-refractivity contribution is 6.30. The highest BCUT2D eigenvalue weighted by Crippen LogP contribution is 2.29. The van der Waals surface area contributed by atoms with Gasteiger partial charge in [-0.25, -0.2) is 4.98 Å². The molecule has 6 heteroatoms. The standard InChI is InChI=1S/C24H19ClN4O/c1-15-20(13-16-7-10-19(25)11-8-16)23(30)29(28-15)24-26-21-12-9-18(14-22(21)27-24)17-5-3-2-4-6-17/h2-12,14,30H,13H2,1H3,(H,26,27). The quantitative estimate of drug-likeness (QED) is 0.398. The summed E-state index contributed by atoms with van der Waals surface area (Å²) >= 11 is 5.97. The molecule has 0 amide bonds. The van der Waals surface area contributed by atoms with Gasteiger partial charge in [0.25, 0.3) is 0 Å². The van der Waals surface area contributed by atoms with Crippen molar-refractivity contribution in [3.63, 3.8) is 0 Å². The van der Waals surface area contributed by atoms with E-state index in [-0.39, 0.29) is 5.88 Å². The number of fused-ring (bicyclic) bond motifs is 1. The Bertz CT molecular complexity index is 1340. The van der Waals surface area contributed by atoms with Crippen molar-refractivity contribution < 1.29 is 5.11 Å². The number of aryl methyl sites for hydroxylation is 1. The summed E-state index contributed by atoms with van der Waals surface area (Å²) in [6.45, 7) is 1.89. The first-order valence-electron chi connectivity index (χ1n) is 9.66. The zero-order chi connectivity index (χ0) is 20.7. The molecule has 0 bridgehead atoms. The summed E-state index contributed by atoms with van der Waals surface area (Å²) in [6, 6.07) is 23.8. The van der Waals surface area contributed by atoms with Crippen LogP contribution >= 0.6 is 11.6 Å². The van der Waals surface area contributed by atoms with E-state index < -0.39 is 0 Å². The molecule has 0 unspecified atom stereocenters. The average molecular weight is 415 g/mol. The van der Waals surface area contributed by atoms with Gasteiger partial charge >= 0.3 is 0 Å². The lowest BCUT2D eigenvalue weighted by Crippen LogP contribution is -1.98. The fourth-order valence-corrected chi connectivity index (χ4v) is 3.74. The minimum Gasteiger partial charge on any atom is -0.493 e. The third kappa shape index (κ3) is 3.33. The van der Waals surface area contributed by atoms with Crippen molar-refractivity contribution in [1.82, 2.24) is 19.7 Å². The van der Waals surface area contributed by atoms with Gasteiger partial charge < -0.3 is 10.1 Å². The van der Waals surface area contributed by atoms with Crippen molar-refractivity contribution >= 4 is 22.6 Å². The van der Waals surface area contributed by atoms with Crippen LogP contribution in [0.1, 0.15) is 16.8 Å².